The van der Waals surface area contributed by atoms with Gasteiger partial charge in [-0.15, -0.1) is 11.8 Å². The molecular formula is C33H26Cl2N2O5S2. The van der Waals surface area contributed by atoms with Crippen molar-refractivity contribution >= 4 is 63.8 Å². The minimum Gasteiger partial charge on any atom is -0.493 e. The zero-order chi connectivity index (χ0) is 30.3. The molecule has 44 heavy (non-hydrogen) atoms. The topological polar surface area (TPSA) is 88.7 Å². The Morgan fingerprint density at radius 3 is 2.43 bits per heavy atom. The molecule has 3 fully saturated rings. The molecule has 0 spiro atoms. The predicted molar refractivity (Wildman–Crippen MR) is 171 cm³/mol. The molecule has 1 N–H and O–H groups in total. The maximum atomic E-state index is 14.0. The van der Waals surface area contributed by atoms with Crippen molar-refractivity contribution in [2.24, 2.45) is 29.6 Å². The molecule has 2 bridgehead atoms. The van der Waals surface area contributed by atoms with Crippen molar-refractivity contribution in [3.8, 4) is 11.5 Å². The molecule has 2 aliphatic carbocycles. The van der Waals surface area contributed by atoms with Crippen LogP contribution in [0.3, 0.4) is 0 Å². The van der Waals surface area contributed by atoms with Crippen LogP contribution in [0, 0.1) is 29.6 Å². The van der Waals surface area contributed by atoms with Crippen LogP contribution in [-0.2, 0) is 16.2 Å². The number of nitrogens with one attached hydrogen (secondary N) is 1. The number of carbonyl (C=O) groups is 2. The van der Waals surface area contributed by atoms with E-state index in [1.165, 1.54) is 16.2 Å². The van der Waals surface area contributed by atoms with Crippen molar-refractivity contribution in [1.29, 1.82) is 0 Å². The van der Waals surface area contributed by atoms with Crippen LogP contribution in [0.4, 0.5) is 5.69 Å². The van der Waals surface area contributed by atoms with Crippen molar-refractivity contribution < 1.29 is 19.1 Å². The van der Waals surface area contributed by atoms with Crippen LogP contribution in [0.5, 0.6) is 11.5 Å². The molecule has 3 aromatic carbocycles. The zero-order valence-corrected chi connectivity index (χ0v) is 26.5. The SMILES string of the molecule is COc1cc(C2c3sc(=O)[nH]c3SC3C2[C@H]2C[C@@H]3C3C(=O)N(c4ccc(Cl)cc4)C(=O)C32)ccc1OCc1cccc(Cl)c1. The summed E-state index contributed by atoms with van der Waals surface area (Å²) in [6.07, 6.45) is 0.817. The number of carbonyl (C=O) groups excluding carboxylic acids is 2. The summed E-state index contributed by atoms with van der Waals surface area (Å²) in [6.45, 7) is 0.331. The highest BCUT2D eigenvalue weighted by molar-refractivity contribution is 8.00. The Bertz CT molecular complexity index is 1870. The molecule has 5 unspecified atom stereocenters. The van der Waals surface area contributed by atoms with Crippen LogP contribution >= 0.6 is 46.3 Å². The highest BCUT2D eigenvalue weighted by Gasteiger charge is 2.69. The van der Waals surface area contributed by atoms with Crippen molar-refractivity contribution in [1.82, 2.24) is 4.98 Å². The standard InChI is InChI=1S/C33H26Cl2N2O5S2/c1-41-23-12-16(5-10-22(23)42-14-15-3-2-4-18(35)11-15)24-25-20-13-21(28(25)43-30-29(24)44-33(40)36-30)27-26(20)31(38)37(32(27)39)19-8-6-17(34)7-9-19/h2-12,20-21,24-28H,13-14H2,1H3,(H,36,40)/t20-,21-,24?,25?,26?,27?,28?/m1/s1. The average molecular weight is 666 g/mol. The van der Waals surface area contributed by atoms with Gasteiger partial charge in [0.2, 0.25) is 11.8 Å². The molecule has 1 aromatic heterocycles. The van der Waals surface area contributed by atoms with E-state index < -0.39 is 0 Å². The number of halogens is 2. The number of aromatic amines is 1. The number of hydrogen-bond donors (Lipinski definition) is 1. The van der Waals surface area contributed by atoms with E-state index in [0.717, 1.165) is 27.5 Å². The molecule has 2 aliphatic heterocycles. The van der Waals surface area contributed by atoms with Gasteiger partial charge < -0.3 is 14.5 Å². The lowest BCUT2D eigenvalue weighted by Gasteiger charge is -2.43. The molecular weight excluding hydrogens is 639 g/mol. The summed E-state index contributed by atoms with van der Waals surface area (Å²) in [7, 11) is 1.61. The summed E-state index contributed by atoms with van der Waals surface area (Å²) in [4.78, 5) is 45.7. The first kappa shape index (κ1) is 28.2. The van der Waals surface area contributed by atoms with E-state index in [9.17, 15) is 14.4 Å². The lowest BCUT2D eigenvalue weighted by molar-refractivity contribution is -0.123. The van der Waals surface area contributed by atoms with Gasteiger partial charge in [0.25, 0.3) is 0 Å². The third-order valence-electron chi connectivity index (χ3n) is 9.64. The number of benzene rings is 3. The zero-order valence-electron chi connectivity index (χ0n) is 23.4. The summed E-state index contributed by atoms with van der Waals surface area (Å²) in [5, 5.41) is 2.15. The van der Waals surface area contributed by atoms with E-state index in [1.54, 1.807) is 43.1 Å². The Balaban J connectivity index is 1.15. The van der Waals surface area contributed by atoms with Gasteiger partial charge in [-0.1, -0.05) is 52.7 Å². The number of thiazole rings is 1. The van der Waals surface area contributed by atoms with E-state index in [-0.39, 0.29) is 57.4 Å². The van der Waals surface area contributed by atoms with Gasteiger partial charge in [-0.3, -0.25) is 19.3 Å². The van der Waals surface area contributed by atoms with Crippen LogP contribution in [0.25, 0.3) is 0 Å². The number of fused-ring (bicyclic) bond motifs is 9. The Kier molecular flexibility index (Phi) is 6.86. The Morgan fingerprint density at radius 1 is 0.909 bits per heavy atom. The number of thioether (sulfide) groups is 1. The second-order valence-corrected chi connectivity index (χ2v) is 14.9. The predicted octanol–water partition coefficient (Wildman–Crippen LogP) is 7.01. The van der Waals surface area contributed by atoms with E-state index in [4.69, 9.17) is 32.7 Å². The van der Waals surface area contributed by atoms with E-state index in [1.807, 2.05) is 42.5 Å². The molecule has 1 saturated heterocycles. The highest BCUT2D eigenvalue weighted by Crippen LogP contribution is 2.68. The average Bonchev–Trinajstić information content (AvgIpc) is 3.75. The minimum absolute atomic E-state index is 0.0105. The van der Waals surface area contributed by atoms with Gasteiger partial charge in [0.05, 0.1) is 29.7 Å². The van der Waals surface area contributed by atoms with Gasteiger partial charge in [-0.05, 0) is 83.8 Å². The number of rotatable bonds is 6. The third-order valence-corrected chi connectivity index (χ3v) is 12.7. The van der Waals surface area contributed by atoms with Crippen molar-refractivity contribution in [2.45, 2.75) is 29.2 Å². The van der Waals surface area contributed by atoms with Gasteiger partial charge >= 0.3 is 4.87 Å². The lowest BCUT2D eigenvalue weighted by atomic mass is 9.68. The first-order valence-corrected chi connectivity index (χ1v) is 16.9. The van der Waals surface area contributed by atoms with Gasteiger partial charge in [0.1, 0.15) is 6.61 Å². The third kappa shape index (κ3) is 4.35. The fourth-order valence-electron chi connectivity index (χ4n) is 8.02. The molecule has 7 nitrogen and oxygen atoms in total. The second kappa shape index (κ2) is 10.7. The van der Waals surface area contributed by atoms with Crippen molar-refractivity contribution in [3.05, 3.63) is 102 Å². The van der Waals surface area contributed by atoms with Gasteiger partial charge in [-0.2, -0.15) is 0 Å². The van der Waals surface area contributed by atoms with Crippen LogP contribution in [0.2, 0.25) is 10.0 Å². The summed E-state index contributed by atoms with van der Waals surface area (Å²) >= 11 is 15.1. The summed E-state index contributed by atoms with van der Waals surface area (Å²) in [5.41, 5.74) is 2.50. The number of methoxy groups -OCH3 is 1. The van der Waals surface area contributed by atoms with Crippen molar-refractivity contribution in [3.63, 3.8) is 0 Å². The highest BCUT2D eigenvalue weighted by atomic mass is 35.5. The normalized spacial score (nSPS) is 28.2. The summed E-state index contributed by atoms with van der Waals surface area (Å²) < 4.78 is 11.9. The molecule has 0 radical (unpaired) electrons. The molecule has 4 aliphatic rings. The van der Waals surface area contributed by atoms with E-state index in [0.29, 0.717) is 33.8 Å². The number of H-pyrrole nitrogens is 1. The maximum Gasteiger partial charge on any atom is 0.305 e. The fraction of sp³-hybridized carbons (Fsp3) is 0.303. The molecule has 2 saturated carbocycles. The smallest absolute Gasteiger partial charge is 0.305 e. The van der Waals surface area contributed by atoms with Crippen LogP contribution in [0.1, 0.15) is 28.3 Å². The van der Waals surface area contributed by atoms with Gasteiger partial charge in [0, 0.05) is 26.1 Å². The molecule has 3 heterocycles. The van der Waals surface area contributed by atoms with Crippen LogP contribution < -0.4 is 19.2 Å². The van der Waals surface area contributed by atoms with Crippen LogP contribution in [0.15, 0.2) is 76.6 Å². The minimum atomic E-state index is -0.382. The van der Waals surface area contributed by atoms with Crippen LogP contribution in [-0.4, -0.2) is 29.2 Å². The molecule has 11 heteroatoms. The molecule has 4 aromatic rings. The number of ether oxygens (including phenoxy) is 2. The molecule has 2 amide bonds. The number of imide groups is 1. The number of amides is 2. The fourth-order valence-corrected chi connectivity index (χ4v) is 11.2. The van der Waals surface area contributed by atoms with Crippen molar-refractivity contribution in [2.75, 3.05) is 12.0 Å². The quantitative estimate of drug-likeness (QED) is 0.223. The summed E-state index contributed by atoms with van der Waals surface area (Å²) in [5.74, 6) is 0.189. The molecule has 224 valence electrons. The summed E-state index contributed by atoms with van der Waals surface area (Å²) in [6, 6.07) is 20.3. The Hall–Kier alpha value is -3.24. The van der Waals surface area contributed by atoms with E-state index >= 15 is 0 Å². The Labute approximate surface area is 271 Å². The first-order chi connectivity index (χ1) is 21.3. The number of aromatic nitrogens is 1. The largest absolute Gasteiger partial charge is 0.493 e. The van der Waals surface area contributed by atoms with Gasteiger partial charge in [0.15, 0.2) is 11.5 Å². The molecule has 8 rings (SSSR count). The molecule has 7 atom stereocenters. The number of hydrogen-bond acceptors (Lipinski definition) is 7. The first-order valence-electron chi connectivity index (χ1n) is 14.4. The number of nitrogens with zero attached hydrogens (tertiary/aromatic N) is 1. The van der Waals surface area contributed by atoms with Gasteiger partial charge in [-0.25, -0.2) is 0 Å². The Morgan fingerprint density at radius 2 is 1.68 bits per heavy atom. The lowest BCUT2D eigenvalue weighted by Crippen LogP contribution is -2.42. The monoisotopic (exact) mass is 664 g/mol. The maximum absolute atomic E-state index is 14.0. The number of anilines is 1. The van der Waals surface area contributed by atoms with E-state index in [2.05, 4.69) is 4.98 Å². The second-order valence-electron chi connectivity index (χ2n) is 11.8.